The standard InChI is InChI=1S/C16H14BN5O5S/c1-9-7-18-16(28-9)20-15(24)14(23)19-13(17(21-25)22-26)6-10-8-27-12-5-3-2-4-11(10)12/h2-5,7-8,13H,6H2,1H3,(H,19,23)(H,18,20,24). The molecule has 2 aromatic heterocycles. The summed E-state index contributed by atoms with van der Waals surface area (Å²) in [6, 6.07) is 7.14. The zero-order valence-corrected chi connectivity index (χ0v) is 15.4. The molecule has 2 N–H and O–H groups in total. The highest BCUT2D eigenvalue weighted by molar-refractivity contribution is 7.15. The fourth-order valence-corrected chi connectivity index (χ4v) is 3.28. The number of furan rings is 1. The Bertz CT molecular complexity index is 1030. The minimum Gasteiger partial charge on any atom is -0.464 e. The van der Waals surface area contributed by atoms with E-state index in [0.29, 0.717) is 11.1 Å². The normalized spacial score (nSPS) is 11.6. The highest BCUT2D eigenvalue weighted by Crippen LogP contribution is 2.22. The molecule has 28 heavy (non-hydrogen) atoms. The van der Waals surface area contributed by atoms with Crippen molar-refractivity contribution in [1.29, 1.82) is 0 Å². The fraction of sp³-hybridized carbons (Fsp3) is 0.188. The van der Waals surface area contributed by atoms with Crippen molar-refractivity contribution >= 4 is 46.2 Å². The van der Waals surface area contributed by atoms with E-state index < -0.39 is 24.7 Å². The Balaban J connectivity index is 1.76. The molecule has 142 valence electrons. The summed E-state index contributed by atoms with van der Waals surface area (Å²) in [5.74, 6) is -3.14. The van der Waals surface area contributed by atoms with Gasteiger partial charge < -0.3 is 9.73 Å². The molecule has 1 aromatic carbocycles. The highest BCUT2D eigenvalue weighted by atomic mass is 32.1. The maximum Gasteiger partial charge on any atom is 0.539 e. The first-order chi connectivity index (χ1) is 13.5. The van der Waals surface area contributed by atoms with Crippen LogP contribution in [0, 0.1) is 16.7 Å². The average molecular weight is 399 g/mol. The van der Waals surface area contributed by atoms with Crippen LogP contribution >= 0.6 is 11.3 Å². The van der Waals surface area contributed by atoms with Gasteiger partial charge in [-0.25, -0.2) is 4.98 Å². The molecule has 0 bridgehead atoms. The number of nitrogens with zero attached hydrogens (tertiary/aromatic N) is 3. The smallest absolute Gasteiger partial charge is 0.464 e. The van der Waals surface area contributed by atoms with Crippen molar-refractivity contribution in [3.8, 4) is 0 Å². The summed E-state index contributed by atoms with van der Waals surface area (Å²) in [4.78, 5) is 51.1. The van der Waals surface area contributed by atoms with Gasteiger partial charge in [0.1, 0.15) is 5.58 Å². The van der Waals surface area contributed by atoms with E-state index in [9.17, 15) is 19.4 Å². The molecule has 0 saturated carbocycles. The number of amides is 2. The van der Waals surface area contributed by atoms with Gasteiger partial charge in [-0.1, -0.05) is 18.2 Å². The van der Waals surface area contributed by atoms with Gasteiger partial charge in [-0.2, -0.15) is 9.81 Å². The molecule has 0 aliphatic heterocycles. The molecule has 12 heteroatoms. The van der Waals surface area contributed by atoms with Gasteiger partial charge in [-0.05, 0) is 25.0 Å². The molecule has 1 atom stereocenters. The predicted octanol–water partition coefficient (Wildman–Crippen LogP) is 2.42. The van der Waals surface area contributed by atoms with Crippen LogP contribution in [0.3, 0.4) is 0 Å². The number of rotatable bonds is 7. The van der Waals surface area contributed by atoms with Crippen molar-refractivity contribution in [3.05, 3.63) is 57.0 Å². The quantitative estimate of drug-likeness (QED) is 0.355. The fourth-order valence-electron chi connectivity index (χ4n) is 2.63. The number of hydrogen-bond acceptors (Lipinski definition) is 9. The van der Waals surface area contributed by atoms with Crippen LogP contribution in [0.5, 0.6) is 0 Å². The Morgan fingerprint density at radius 3 is 2.68 bits per heavy atom. The zero-order valence-electron chi connectivity index (χ0n) is 14.6. The monoisotopic (exact) mass is 399 g/mol. The van der Waals surface area contributed by atoms with Gasteiger partial charge in [-0.3, -0.25) is 14.9 Å². The van der Waals surface area contributed by atoms with E-state index in [4.69, 9.17) is 4.42 Å². The Kier molecular flexibility index (Phi) is 5.89. The Morgan fingerprint density at radius 1 is 1.25 bits per heavy atom. The molecule has 3 rings (SSSR count). The van der Waals surface area contributed by atoms with E-state index in [2.05, 4.69) is 25.8 Å². The number of aryl methyl sites for hydroxylation is 1. The first-order valence-corrected chi connectivity index (χ1v) is 8.97. The van der Waals surface area contributed by atoms with Gasteiger partial charge in [0.2, 0.25) is 0 Å². The van der Waals surface area contributed by atoms with Gasteiger partial charge in [0.15, 0.2) is 5.13 Å². The molecular formula is C16H14BN5O5S. The second-order valence-corrected chi connectivity index (χ2v) is 7.13. The summed E-state index contributed by atoms with van der Waals surface area (Å²) in [6.07, 6.45) is 3.02. The molecule has 3 aromatic rings. The van der Waals surface area contributed by atoms with Crippen LogP contribution in [0.2, 0.25) is 0 Å². The number of nitroso groups, excluding NO2 is 2. The van der Waals surface area contributed by atoms with Crippen molar-refractivity contribution < 1.29 is 14.0 Å². The number of hydrogen-bond donors (Lipinski definition) is 2. The number of fused-ring (bicyclic) bond motifs is 1. The largest absolute Gasteiger partial charge is 0.539 e. The molecule has 10 nitrogen and oxygen atoms in total. The summed E-state index contributed by atoms with van der Waals surface area (Å²) in [6.45, 7) is 0.196. The van der Waals surface area contributed by atoms with Gasteiger partial charge in [0.05, 0.1) is 12.2 Å². The molecule has 0 fully saturated rings. The summed E-state index contributed by atoms with van der Waals surface area (Å²) < 4.78 is 5.41. The van der Waals surface area contributed by atoms with E-state index in [1.165, 1.54) is 17.6 Å². The summed E-state index contributed by atoms with van der Waals surface area (Å²) >= 11 is 1.20. The average Bonchev–Trinajstić information content (AvgIpc) is 3.28. The van der Waals surface area contributed by atoms with Crippen molar-refractivity contribution in [1.82, 2.24) is 10.3 Å². The number of benzene rings is 1. The zero-order chi connectivity index (χ0) is 20.1. The lowest BCUT2D eigenvalue weighted by Gasteiger charge is -2.15. The molecule has 0 spiro atoms. The molecule has 0 radical (unpaired) electrons. The van der Waals surface area contributed by atoms with Crippen LogP contribution in [0.15, 0.2) is 51.3 Å². The van der Waals surface area contributed by atoms with Crippen molar-refractivity contribution in [2.24, 2.45) is 10.2 Å². The van der Waals surface area contributed by atoms with Crippen molar-refractivity contribution in [2.45, 2.75) is 19.3 Å². The summed E-state index contributed by atoms with van der Waals surface area (Å²) in [5.41, 5.74) is 1.24. The van der Waals surface area contributed by atoms with Crippen LogP contribution in [0.25, 0.3) is 11.0 Å². The minimum atomic E-state index is -1.60. The third-order valence-corrected chi connectivity index (χ3v) is 4.77. The minimum absolute atomic E-state index is 0.0224. The lowest BCUT2D eigenvalue weighted by molar-refractivity contribution is -0.136. The van der Waals surface area contributed by atoms with Crippen LogP contribution in [0.1, 0.15) is 10.4 Å². The van der Waals surface area contributed by atoms with Gasteiger partial charge in [-0.15, -0.1) is 21.5 Å². The van der Waals surface area contributed by atoms with E-state index in [1.54, 1.807) is 37.4 Å². The highest BCUT2D eigenvalue weighted by Gasteiger charge is 2.35. The Hall–Kier alpha value is -3.41. The lowest BCUT2D eigenvalue weighted by atomic mass is 9.67. The number of nitrogens with one attached hydrogen (secondary N) is 2. The Labute approximate surface area is 162 Å². The number of aromatic nitrogens is 1. The molecule has 0 aliphatic rings. The second kappa shape index (κ2) is 8.52. The van der Waals surface area contributed by atoms with Gasteiger partial charge in [0, 0.05) is 16.5 Å². The van der Waals surface area contributed by atoms with E-state index >= 15 is 0 Å². The summed E-state index contributed by atoms with van der Waals surface area (Å²) in [5, 5.41) is 11.0. The maximum atomic E-state index is 12.2. The summed E-state index contributed by atoms with van der Waals surface area (Å²) in [7, 11) is 0. The van der Waals surface area contributed by atoms with Crippen LogP contribution < -0.4 is 10.6 Å². The maximum absolute atomic E-state index is 12.2. The number of para-hydroxylation sites is 1. The molecule has 0 aliphatic carbocycles. The predicted molar refractivity (Wildman–Crippen MR) is 105 cm³/mol. The van der Waals surface area contributed by atoms with Gasteiger partial charge in [0.25, 0.3) is 0 Å². The number of anilines is 1. The molecular weight excluding hydrogens is 385 g/mol. The van der Waals surface area contributed by atoms with Crippen LogP contribution in [-0.2, 0) is 16.0 Å². The van der Waals surface area contributed by atoms with E-state index in [-0.39, 0.29) is 11.6 Å². The van der Waals surface area contributed by atoms with Crippen molar-refractivity contribution in [3.63, 3.8) is 0 Å². The number of carbonyl (C=O) groups is 2. The van der Waals surface area contributed by atoms with Crippen LogP contribution in [0.4, 0.5) is 5.13 Å². The lowest BCUT2D eigenvalue weighted by Crippen LogP contribution is -2.49. The molecule has 2 amide bonds. The molecule has 2 heterocycles. The van der Waals surface area contributed by atoms with Gasteiger partial charge >= 0.3 is 18.8 Å². The Morgan fingerprint density at radius 2 is 2.00 bits per heavy atom. The number of carbonyl (C=O) groups excluding carboxylic acids is 2. The van der Waals surface area contributed by atoms with E-state index in [0.717, 1.165) is 10.3 Å². The first-order valence-electron chi connectivity index (χ1n) is 8.16. The van der Waals surface area contributed by atoms with E-state index in [1.807, 2.05) is 0 Å². The number of thiazole rings is 1. The third kappa shape index (κ3) is 4.28. The SMILES string of the molecule is Cc1cnc(NC(=O)C(=O)NC(Cc2coc3ccccc23)B(N=O)N=O)s1. The second-order valence-electron chi connectivity index (χ2n) is 5.90. The first kappa shape index (κ1) is 19.4. The topological polar surface area (TPSA) is 143 Å². The molecule has 1 unspecified atom stereocenters. The van der Waals surface area contributed by atoms with Crippen molar-refractivity contribution in [2.75, 3.05) is 5.32 Å². The third-order valence-electron chi connectivity index (χ3n) is 3.94. The van der Waals surface area contributed by atoms with Crippen LogP contribution in [-0.4, -0.2) is 29.7 Å². The molecule has 0 saturated heterocycles.